The number of anilines is 2. The van der Waals surface area contributed by atoms with Crippen molar-refractivity contribution in [3.63, 3.8) is 0 Å². The van der Waals surface area contributed by atoms with Crippen molar-refractivity contribution in [3.05, 3.63) is 52.5 Å². The Balaban J connectivity index is 2.09. The molecule has 0 aliphatic rings. The van der Waals surface area contributed by atoms with E-state index in [1.165, 1.54) is 12.1 Å². The number of aryl methyl sites for hydroxylation is 2. The van der Waals surface area contributed by atoms with Gasteiger partial charge in [0.15, 0.2) is 0 Å². The van der Waals surface area contributed by atoms with Gasteiger partial charge in [-0.3, -0.25) is 0 Å². The standard InChI is InChI=1S/C15H15ClN2O2/c1-9-3-5-12(7-10(9)2)17-15(20)18-13-8-11(16)4-6-14(13)19/h3-8,19H,1-2H3,(H2,17,18,20). The van der Waals surface area contributed by atoms with E-state index in [9.17, 15) is 9.90 Å². The van der Waals surface area contributed by atoms with Gasteiger partial charge in [0.05, 0.1) is 5.69 Å². The lowest BCUT2D eigenvalue weighted by molar-refractivity contribution is 0.262. The van der Waals surface area contributed by atoms with E-state index in [0.717, 1.165) is 11.1 Å². The summed E-state index contributed by atoms with van der Waals surface area (Å²) >= 11 is 5.82. The molecule has 20 heavy (non-hydrogen) atoms. The minimum Gasteiger partial charge on any atom is -0.506 e. The van der Waals surface area contributed by atoms with Crippen molar-refractivity contribution in [3.8, 4) is 5.75 Å². The van der Waals surface area contributed by atoms with Gasteiger partial charge < -0.3 is 15.7 Å². The average Bonchev–Trinajstić information content (AvgIpc) is 2.38. The third-order valence-corrected chi connectivity index (χ3v) is 3.21. The molecule has 0 aliphatic carbocycles. The van der Waals surface area contributed by atoms with Gasteiger partial charge in [0.25, 0.3) is 0 Å². The van der Waals surface area contributed by atoms with Crippen LogP contribution in [0.4, 0.5) is 16.2 Å². The Kier molecular flexibility index (Phi) is 4.15. The molecule has 2 amide bonds. The number of halogens is 1. The molecule has 0 atom stereocenters. The van der Waals surface area contributed by atoms with Gasteiger partial charge in [-0.05, 0) is 55.3 Å². The predicted octanol–water partition coefficient (Wildman–Crippen LogP) is 4.31. The first-order chi connectivity index (χ1) is 9.45. The molecule has 0 heterocycles. The second-order valence-corrected chi connectivity index (χ2v) is 4.98. The van der Waals surface area contributed by atoms with E-state index in [1.54, 1.807) is 6.07 Å². The first kappa shape index (κ1) is 14.2. The minimum absolute atomic E-state index is 0.0374. The van der Waals surface area contributed by atoms with Gasteiger partial charge in [0, 0.05) is 10.7 Å². The fourth-order valence-electron chi connectivity index (χ4n) is 1.71. The van der Waals surface area contributed by atoms with Crippen molar-refractivity contribution in [2.75, 3.05) is 10.6 Å². The van der Waals surface area contributed by atoms with Crippen LogP contribution in [0.2, 0.25) is 5.02 Å². The van der Waals surface area contributed by atoms with E-state index in [4.69, 9.17) is 11.6 Å². The molecule has 0 aliphatic heterocycles. The van der Waals surface area contributed by atoms with Gasteiger partial charge in [0.2, 0.25) is 0 Å². The Bertz CT molecular complexity index is 656. The number of amides is 2. The zero-order chi connectivity index (χ0) is 14.7. The van der Waals surface area contributed by atoms with Crippen LogP contribution in [0.25, 0.3) is 0 Å². The highest BCUT2D eigenvalue weighted by molar-refractivity contribution is 6.31. The van der Waals surface area contributed by atoms with E-state index in [2.05, 4.69) is 10.6 Å². The number of rotatable bonds is 2. The van der Waals surface area contributed by atoms with Crippen LogP contribution in [-0.4, -0.2) is 11.1 Å². The van der Waals surface area contributed by atoms with Crippen LogP contribution >= 0.6 is 11.6 Å². The summed E-state index contributed by atoms with van der Waals surface area (Å²) in [5.74, 6) is -0.0374. The fraction of sp³-hybridized carbons (Fsp3) is 0.133. The molecule has 0 saturated heterocycles. The summed E-state index contributed by atoms with van der Waals surface area (Å²) in [7, 11) is 0. The van der Waals surface area contributed by atoms with Crippen LogP contribution in [0.1, 0.15) is 11.1 Å². The summed E-state index contributed by atoms with van der Waals surface area (Å²) < 4.78 is 0. The fourth-order valence-corrected chi connectivity index (χ4v) is 1.88. The number of carbonyl (C=O) groups excluding carboxylic acids is 1. The normalized spacial score (nSPS) is 10.2. The Morgan fingerprint density at radius 3 is 2.50 bits per heavy atom. The summed E-state index contributed by atoms with van der Waals surface area (Å²) in [5, 5.41) is 15.3. The van der Waals surface area contributed by atoms with Crippen molar-refractivity contribution in [1.29, 1.82) is 0 Å². The smallest absolute Gasteiger partial charge is 0.323 e. The topological polar surface area (TPSA) is 61.4 Å². The van der Waals surface area contributed by atoms with Crippen molar-refractivity contribution in [2.45, 2.75) is 13.8 Å². The van der Waals surface area contributed by atoms with Gasteiger partial charge in [-0.2, -0.15) is 0 Å². The van der Waals surface area contributed by atoms with Gasteiger partial charge in [-0.25, -0.2) is 4.79 Å². The van der Waals surface area contributed by atoms with E-state index in [0.29, 0.717) is 10.7 Å². The van der Waals surface area contributed by atoms with Crippen molar-refractivity contribution >= 4 is 29.0 Å². The average molecular weight is 291 g/mol. The maximum Gasteiger partial charge on any atom is 0.323 e. The number of hydrogen-bond donors (Lipinski definition) is 3. The molecule has 0 saturated carbocycles. The van der Waals surface area contributed by atoms with Gasteiger partial charge >= 0.3 is 6.03 Å². The van der Waals surface area contributed by atoms with Crippen LogP contribution < -0.4 is 10.6 Å². The first-order valence-electron chi connectivity index (χ1n) is 6.09. The lowest BCUT2D eigenvalue weighted by Crippen LogP contribution is -2.19. The number of phenolic OH excluding ortho intramolecular Hbond substituents is 1. The molecule has 104 valence electrons. The molecule has 2 aromatic rings. The number of carbonyl (C=O) groups is 1. The molecule has 0 aromatic heterocycles. The molecule has 4 nitrogen and oxygen atoms in total. The minimum atomic E-state index is -0.439. The van der Waals surface area contributed by atoms with Crippen LogP contribution in [0.15, 0.2) is 36.4 Å². The number of nitrogens with one attached hydrogen (secondary N) is 2. The van der Waals surface area contributed by atoms with Crippen LogP contribution in [-0.2, 0) is 0 Å². The molecule has 0 bridgehead atoms. The summed E-state index contributed by atoms with van der Waals surface area (Å²) in [4.78, 5) is 11.9. The second kappa shape index (κ2) is 5.84. The van der Waals surface area contributed by atoms with Gasteiger partial charge in [-0.15, -0.1) is 0 Å². The summed E-state index contributed by atoms with van der Waals surface area (Å²) in [6.07, 6.45) is 0. The zero-order valence-corrected chi connectivity index (χ0v) is 12.0. The van der Waals surface area contributed by atoms with E-state index >= 15 is 0 Å². The van der Waals surface area contributed by atoms with Crippen LogP contribution in [0, 0.1) is 13.8 Å². The summed E-state index contributed by atoms with van der Waals surface area (Å²) in [5.41, 5.74) is 3.20. The largest absolute Gasteiger partial charge is 0.506 e. The number of benzene rings is 2. The SMILES string of the molecule is Cc1ccc(NC(=O)Nc2cc(Cl)ccc2O)cc1C. The number of urea groups is 1. The maximum absolute atomic E-state index is 11.9. The molecular weight excluding hydrogens is 276 g/mol. The lowest BCUT2D eigenvalue weighted by atomic mass is 10.1. The summed E-state index contributed by atoms with van der Waals surface area (Å²) in [6, 6.07) is 9.65. The Hall–Kier alpha value is -2.20. The molecule has 0 unspecified atom stereocenters. The molecule has 0 radical (unpaired) electrons. The quantitative estimate of drug-likeness (QED) is 0.722. The van der Waals surface area contributed by atoms with Gasteiger partial charge in [0.1, 0.15) is 5.75 Å². The third-order valence-electron chi connectivity index (χ3n) is 2.97. The molecule has 0 spiro atoms. The van der Waals surface area contributed by atoms with Crippen molar-refractivity contribution in [2.24, 2.45) is 0 Å². The number of aromatic hydroxyl groups is 1. The number of hydrogen-bond acceptors (Lipinski definition) is 2. The van der Waals surface area contributed by atoms with Crippen molar-refractivity contribution in [1.82, 2.24) is 0 Å². The van der Waals surface area contributed by atoms with E-state index < -0.39 is 6.03 Å². The molecule has 5 heteroatoms. The first-order valence-corrected chi connectivity index (χ1v) is 6.47. The highest BCUT2D eigenvalue weighted by atomic mass is 35.5. The molecule has 3 N–H and O–H groups in total. The maximum atomic E-state index is 11.9. The molecule has 0 fully saturated rings. The Labute approximate surface area is 122 Å². The highest BCUT2D eigenvalue weighted by Crippen LogP contribution is 2.26. The predicted molar refractivity (Wildman–Crippen MR) is 81.7 cm³/mol. The number of phenols is 1. The molecule has 2 aromatic carbocycles. The monoisotopic (exact) mass is 290 g/mol. The zero-order valence-electron chi connectivity index (χ0n) is 11.2. The Morgan fingerprint density at radius 2 is 1.80 bits per heavy atom. The third kappa shape index (κ3) is 3.42. The molecular formula is C15H15ClN2O2. The van der Waals surface area contributed by atoms with Crippen LogP contribution in [0.3, 0.4) is 0 Å². The second-order valence-electron chi connectivity index (χ2n) is 4.54. The lowest BCUT2D eigenvalue weighted by Gasteiger charge is -2.10. The van der Waals surface area contributed by atoms with Crippen LogP contribution in [0.5, 0.6) is 5.75 Å². The van der Waals surface area contributed by atoms with Crippen molar-refractivity contribution < 1.29 is 9.90 Å². The van der Waals surface area contributed by atoms with Gasteiger partial charge in [-0.1, -0.05) is 17.7 Å². The van der Waals surface area contributed by atoms with E-state index in [-0.39, 0.29) is 11.4 Å². The molecule has 2 rings (SSSR count). The highest BCUT2D eigenvalue weighted by Gasteiger charge is 2.07. The summed E-state index contributed by atoms with van der Waals surface area (Å²) in [6.45, 7) is 3.98. The van der Waals surface area contributed by atoms with E-state index in [1.807, 2.05) is 32.0 Å². The Morgan fingerprint density at radius 1 is 1.05 bits per heavy atom.